The highest BCUT2D eigenvalue weighted by Crippen LogP contribution is 2.26. The molecule has 1 rings (SSSR count). The van der Waals surface area contributed by atoms with Crippen LogP contribution in [0.25, 0.3) is 0 Å². The molecule has 0 radical (unpaired) electrons. The third-order valence-electron chi connectivity index (χ3n) is 2.93. The van der Waals surface area contributed by atoms with Crippen LogP contribution in [-0.2, 0) is 0 Å². The van der Waals surface area contributed by atoms with Gasteiger partial charge in [-0.3, -0.25) is 10.1 Å². The van der Waals surface area contributed by atoms with Crippen LogP contribution < -0.4 is 10.1 Å². The lowest BCUT2D eigenvalue weighted by Gasteiger charge is -2.12. The maximum atomic E-state index is 10.9. The molecule has 19 heavy (non-hydrogen) atoms. The first-order valence-electron chi connectivity index (χ1n) is 6.73. The van der Waals surface area contributed by atoms with E-state index >= 15 is 0 Å². The molecule has 1 aromatic carbocycles. The van der Waals surface area contributed by atoms with E-state index in [0.717, 1.165) is 25.1 Å². The van der Waals surface area contributed by atoms with Gasteiger partial charge in [0.2, 0.25) is 0 Å². The van der Waals surface area contributed by atoms with Crippen molar-refractivity contribution in [3.63, 3.8) is 0 Å². The highest BCUT2D eigenvalue weighted by atomic mass is 16.6. The Morgan fingerprint density at radius 1 is 1.37 bits per heavy atom. The second kappa shape index (κ2) is 7.61. The minimum Gasteiger partial charge on any atom is -0.493 e. The molecular weight excluding hydrogens is 244 g/mol. The van der Waals surface area contributed by atoms with Crippen molar-refractivity contribution in [1.82, 2.24) is 0 Å². The first kappa shape index (κ1) is 15.3. The van der Waals surface area contributed by atoms with Crippen molar-refractivity contribution in [1.29, 1.82) is 0 Å². The summed E-state index contributed by atoms with van der Waals surface area (Å²) in [6, 6.07) is 4.82. The Kier molecular flexibility index (Phi) is 6.12. The second-order valence-corrected chi connectivity index (χ2v) is 4.72. The van der Waals surface area contributed by atoms with Crippen LogP contribution in [0.3, 0.4) is 0 Å². The smallest absolute Gasteiger partial charge is 0.275 e. The van der Waals surface area contributed by atoms with Crippen LogP contribution >= 0.6 is 0 Å². The summed E-state index contributed by atoms with van der Waals surface area (Å²) in [5.41, 5.74) is 0.792. The van der Waals surface area contributed by atoms with E-state index in [1.54, 1.807) is 6.07 Å². The molecule has 0 fully saturated rings. The molecular formula is C14H22N2O3. The van der Waals surface area contributed by atoms with Gasteiger partial charge in [-0.1, -0.05) is 27.2 Å². The van der Waals surface area contributed by atoms with Crippen LogP contribution in [0, 0.1) is 16.0 Å². The SMILES string of the molecule is CCCOc1cc(NCC(C)CC)cc([N+](=O)[O-])c1. The molecule has 0 aliphatic heterocycles. The molecule has 1 unspecified atom stereocenters. The molecule has 1 N–H and O–H groups in total. The summed E-state index contributed by atoms with van der Waals surface area (Å²) in [5.74, 6) is 1.07. The number of nitro benzene ring substituents is 1. The van der Waals surface area contributed by atoms with Gasteiger partial charge in [0, 0.05) is 24.4 Å². The molecule has 0 amide bonds. The molecule has 0 heterocycles. The van der Waals surface area contributed by atoms with E-state index in [4.69, 9.17) is 4.74 Å². The van der Waals surface area contributed by atoms with Crippen LogP contribution in [0.4, 0.5) is 11.4 Å². The normalized spacial score (nSPS) is 11.9. The third-order valence-corrected chi connectivity index (χ3v) is 2.93. The fourth-order valence-corrected chi connectivity index (χ4v) is 1.53. The van der Waals surface area contributed by atoms with Crippen molar-refractivity contribution in [3.05, 3.63) is 28.3 Å². The van der Waals surface area contributed by atoms with E-state index in [2.05, 4.69) is 19.2 Å². The molecule has 1 atom stereocenters. The van der Waals surface area contributed by atoms with E-state index in [9.17, 15) is 10.1 Å². The van der Waals surface area contributed by atoms with E-state index in [1.165, 1.54) is 6.07 Å². The topological polar surface area (TPSA) is 64.4 Å². The van der Waals surface area contributed by atoms with Gasteiger partial charge in [0.25, 0.3) is 5.69 Å². The molecule has 0 saturated carbocycles. The summed E-state index contributed by atoms with van der Waals surface area (Å²) in [5, 5.41) is 14.1. The average Bonchev–Trinajstić information content (AvgIpc) is 2.42. The lowest BCUT2D eigenvalue weighted by Crippen LogP contribution is -2.10. The van der Waals surface area contributed by atoms with Gasteiger partial charge in [0.15, 0.2) is 0 Å². The zero-order valence-corrected chi connectivity index (χ0v) is 11.8. The molecule has 0 aliphatic carbocycles. The number of hydrogen-bond donors (Lipinski definition) is 1. The van der Waals surface area contributed by atoms with Gasteiger partial charge in [0.1, 0.15) is 5.75 Å². The number of benzene rings is 1. The van der Waals surface area contributed by atoms with Crippen LogP contribution in [0.2, 0.25) is 0 Å². The molecule has 0 saturated heterocycles. The number of nitrogens with zero attached hydrogens (tertiary/aromatic N) is 1. The van der Waals surface area contributed by atoms with Crippen molar-refractivity contribution < 1.29 is 9.66 Å². The summed E-state index contributed by atoms with van der Waals surface area (Å²) in [4.78, 5) is 10.5. The Morgan fingerprint density at radius 3 is 2.68 bits per heavy atom. The summed E-state index contributed by atoms with van der Waals surface area (Å²) in [6.07, 6.45) is 1.94. The van der Waals surface area contributed by atoms with Crippen molar-refractivity contribution >= 4 is 11.4 Å². The zero-order valence-electron chi connectivity index (χ0n) is 11.8. The summed E-state index contributed by atoms with van der Waals surface area (Å²) >= 11 is 0. The van der Waals surface area contributed by atoms with E-state index in [1.807, 2.05) is 13.0 Å². The van der Waals surface area contributed by atoms with E-state index < -0.39 is 4.92 Å². The number of hydrogen-bond acceptors (Lipinski definition) is 4. The van der Waals surface area contributed by atoms with Gasteiger partial charge in [-0.25, -0.2) is 0 Å². The first-order chi connectivity index (χ1) is 9.06. The second-order valence-electron chi connectivity index (χ2n) is 4.72. The maximum absolute atomic E-state index is 10.9. The van der Waals surface area contributed by atoms with E-state index in [0.29, 0.717) is 18.3 Å². The lowest BCUT2D eigenvalue weighted by atomic mass is 10.1. The summed E-state index contributed by atoms with van der Waals surface area (Å²) in [6.45, 7) is 7.62. The summed E-state index contributed by atoms with van der Waals surface area (Å²) < 4.78 is 5.48. The Morgan fingerprint density at radius 2 is 2.11 bits per heavy atom. The number of rotatable bonds is 8. The maximum Gasteiger partial charge on any atom is 0.275 e. The minimum absolute atomic E-state index is 0.0558. The number of ether oxygens (including phenoxy) is 1. The fraction of sp³-hybridized carbons (Fsp3) is 0.571. The number of nitrogens with one attached hydrogen (secondary N) is 1. The van der Waals surface area contributed by atoms with Gasteiger partial charge in [-0.2, -0.15) is 0 Å². The van der Waals surface area contributed by atoms with Gasteiger partial charge in [-0.05, 0) is 12.3 Å². The monoisotopic (exact) mass is 266 g/mol. The first-order valence-corrected chi connectivity index (χ1v) is 6.73. The molecule has 0 aliphatic rings. The van der Waals surface area contributed by atoms with Crippen molar-refractivity contribution in [3.8, 4) is 5.75 Å². The standard InChI is InChI=1S/C14H22N2O3/c1-4-6-19-14-8-12(15-10-11(3)5-2)7-13(9-14)16(17)18/h7-9,11,15H,4-6,10H2,1-3H3. The quantitative estimate of drug-likeness (QED) is 0.573. The van der Waals surface area contributed by atoms with Gasteiger partial charge < -0.3 is 10.1 Å². The van der Waals surface area contributed by atoms with Gasteiger partial charge >= 0.3 is 0 Å². The van der Waals surface area contributed by atoms with Gasteiger partial charge in [-0.15, -0.1) is 0 Å². The predicted octanol–water partition coefficient (Wildman–Crippen LogP) is 3.84. The molecule has 1 aromatic rings. The molecule has 5 nitrogen and oxygen atoms in total. The van der Waals surface area contributed by atoms with Crippen molar-refractivity contribution in [2.24, 2.45) is 5.92 Å². The Hall–Kier alpha value is -1.78. The van der Waals surface area contributed by atoms with Crippen LogP contribution in [-0.4, -0.2) is 18.1 Å². The van der Waals surface area contributed by atoms with Crippen molar-refractivity contribution in [2.45, 2.75) is 33.6 Å². The van der Waals surface area contributed by atoms with Gasteiger partial charge in [0.05, 0.1) is 17.6 Å². The molecule has 0 bridgehead atoms. The largest absolute Gasteiger partial charge is 0.493 e. The van der Waals surface area contributed by atoms with Crippen LogP contribution in [0.5, 0.6) is 5.75 Å². The minimum atomic E-state index is -0.396. The summed E-state index contributed by atoms with van der Waals surface area (Å²) in [7, 11) is 0. The highest BCUT2D eigenvalue weighted by molar-refractivity contribution is 5.56. The fourth-order valence-electron chi connectivity index (χ4n) is 1.53. The lowest BCUT2D eigenvalue weighted by molar-refractivity contribution is -0.384. The highest BCUT2D eigenvalue weighted by Gasteiger charge is 2.11. The van der Waals surface area contributed by atoms with Crippen molar-refractivity contribution in [2.75, 3.05) is 18.5 Å². The number of non-ortho nitro benzene ring substituents is 1. The average molecular weight is 266 g/mol. The Labute approximate surface area is 114 Å². The predicted molar refractivity (Wildman–Crippen MR) is 76.8 cm³/mol. The molecule has 0 aromatic heterocycles. The number of anilines is 1. The molecule has 0 spiro atoms. The van der Waals surface area contributed by atoms with Crippen LogP contribution in [0.15, 0.2) is 18.2 Å². The Balaban J connectivity index is 2.83. The van der Waals surface area contributed by atoms with Crippen LogP contribution in [0.1, 0.15) is 33.6 Å². The molecule has 106 valence electrons. The van der Waals surface area contributed by atoms with E-state index in [-0.39, 0.29) is 5.69 Å². The number of nitro groups is 1. The third kappa shape index (κ3) is 5.16. The molecule has 5 heteroatoms. The zero-order chi connectivity index (χ0) is 14.3. The Bertz CT molecular complexity index is 421.